The second-order valence-electron chi connectivity index (χ2n) is 4.01. The fraction of sp³-hybridized carbons (Fsp3) is 0.889. The molecule has 0 radical (unpaired) electrons. The molecule has 0 aromatic carbocycles. The number of hydrogen-bond donors (Lipinski definition) is 2. The van der Waals surface area contributed by atoms with Gasteiger partial charge >= 0.3 is 5.97 Å². The van der Waals surface area contributed by atoms with Gasteiger partial charge in [0.15, 0.2) is 0 Å². The Morgan fingerprint density at radius 1 is 1.43 bits per heavy atom. The SMILES string of the molecule is CC(F)(F)C1(C(=O)O)CCC(O)CC1. The van der Waals surface area contributed by atoms with Crippen LogP contribution in [0.4, 0.5) is 8.78 Å². The molecule has 0 spiro atoms. The molecule has 1 fully saturated rings. The van der Waals surface area contributed by atoms with Gasteiger partial charge in [-0.2, -0.15) is 0 Å². The number of aliphatic hydroxyl groups is 1. The molecule has 0 bridgehead atoms. The first kappa shape index (κ1) is 11.4. The molecule has 1 saturated carbocycles. The monoisotopic (exact) mass is 208 g/mol. The van der Waals surface area contributed by atoms with Gasteiger partial charge in [0.1, 0.15) is 5.41 Å². The van der Waals surface area contributed by atoms with Gasteiger partial charge in [-0.25, -0.2) is 8.78 Å². The van der Waals surface area contributed by atoms with Crippen molar-refractivity contribution in [1.29, 1.82) is 0 Å². The maximum absolute atomic E-state index is 13.2. The lowest BCUT2D eigenvalue weighted by molar-refractivity contribution is -0.184. The molecular weight excluding hydrogens is 194 g/mol. The normalized spacial score (nSPS) is 34.1. The van der Waals surface area contributed by atoms with Crippen LogP contribution in [0.1, 0.15) is 32.6 Å². The Morgan fingerprint density at radius 3 is 2.14 bits per heavy atom. The molecule has 3 nitrogen and oxygen atoms in total. The fourth-order valence-electron chi connectivity index (χ4n) is 1.94. The van der Waals surface area contributed by atoms with Crippen LogP contribution in [-0.4, -0.2) is 28.2 Å². The van der Waals surface area contributed by atoms with Gasteiger partial charge in [0.2, 0.25) is 0 Å². The predicted molar refractivity (Wildman–Crippen MR) is 45.2 cm³/mol. The van der Waals surface area contributed by atoms with Gasteiger partial charge in [-0.1, -0.05) is 0 Å². The smallest absolute Gasteiger partial charge is 0.315 e. The number of alkyl halides is 2. The van der Waals surface area contributed by atoms with E-state index in [4.69, 9.17) is 10.2 Å². The Kier molecular flexibility index (Phi) is 2.81. The molecule has 0 atom stereocenters. The van der Waals surface area contributed by atoms with Crippen LogP contribution >= 0.6 is 0 Å². The number of carbonyl (C=O) groups is 1. The topological polar surface area (TPSA) is 57.5 Å². The van der Waals surface area contributed by atoms with Crippen LogP contribution in [-0.2, 0) is 4.79 Å². The Labute approximate surface area is 80.7 Å². The van der Waals surface area contributed by atoms with Crippen molar-refractivity contribution < 1.29 is 23.8 Å². The van der Waals surface area contributed by atoms with Gasteiger partial charge in [-0.15, -0.1) is 0 Å². The van der Waals surface area contributed by atoms with E-state index in [1.165, 1.54) is 0 Å². The molecule has 0 aromatic heterocycles. The molecule has 0 aliphatic heterocycles. The summed E-state index contributed by atoms with van der Waals surface area (Å²) in [5.41, 5.74) is -1.98. The zero-order valence-electron chi connectivity index (χ0n) is 7.96. The zero-order valence-corrected chi connectivity index (χ0v) is 7.96. The van der Waals surface area contributed by atoms with E-state index in [-0.39, 0.29) is 25.7 Å². The molecule has 0 unspecified atom stereocenters. The lowest BCUT2D eigenvalue weighted by atomic mass is 9.69. The van der Waals surface area contributed by atoms with E-state index in [2.05, 4.69) is 0 Å². The van der Waals surface area contributed by atoms with Crippen molar-refractivity contribution in [1.82, 2.24) is 0 Å². The quantitative estimate of drug-likeness (QED) is 0.725. The van der Waals surface area contributed by atoms with Crippen LogP contribution in [0.5, 0.6) is 0 Å². The second-order valence-corrected chi connectivity index (χ2v) is 4.01. The van der Waals surface area contributed by atoms with E-state index in [9.17, 15) is 13.6 Å². The molecule has 1 rings (SSSR count). The number of halogens is 2. The zero-order chi connectivity index (χ0) is 11.0. The summed E-state index contributed by atoms with van der Waals surface area (Å²) < 4.78 is 26.4. The predicted octanol–water partition coefficient (Wildman–Crippen LogP) is 1.65. The van der Waals surface area contributed by atoms with Gasteiger partial charge in [0.05, 0.1) is 6.10 Å². The molecule has 14 heavy (non-hydrogen) atoms. The second kappa shape index (κ2) is 3.46. The summed E-state index contributed by atoms with van der Waals surface area (Å²) in [7, 11) is 0. The van der Waals surface area contributed by atoms with Crippen molar-refractivity contribution in [2.45, 2.75) is 44.6 Å². The first-order chi connectivity index (χ1) is 6.29. The molecule has 0 aromatic rings. The first-order valence-corrected chi connectivity index (χ1v) is 4.59. The van der Waals surface area contributed by atoms with E-state index < -0.39 is 23.4 Å². The summed E-state index contributed by atoms with van der Waals surface area (Å²) in [6, 6.07) is 0. The third kappa shape index (κ3) is 1.73. The van der Waals surface area contributed by atoms with Crippen LogP contribution < -0.4 is 0 Å². The third-order valence-corrected chi connectivity index (χ3v) is 3.06. The Bertz CT molecular complexity index is 227. The molecule has 1 aliphatic carbocycles. The molecule has 0 amide bonds. The van der Waals surface area contributed by atoms with E-state index >= 15 is 0 Å². The molecule has 0 saturated heterocycles. The van der Waals surface area contributed by atoms with Crippen molar-refractivity contribution in [3.63, 3.8) is 0 Å². The lowest BCUT2D eigenvalue weighted by Crippen LogP contribution is -2.48. The highest BCUT2D eigenvalue weighted by molar-refractivity contribution is 5.76. The first-order valence-electron chi connectivity index (χ1n) is 4.59. The van der Waals surface area contributed by atoms with Gasteiger partial charge in [-0.05, 0) is 25.7 Å². The van der Waals surface area contributed by atoms with E-state index in [1.807, 2.05) is 0 Å². The van der Waals surface area contributed by atoms with Crippen molar-refractivity contribution in [3.8, 4) is 0 Å². The van der Waals surface area contributed by atoms with E-state index in [1.54, 1.807) is 0 Å². The number of aliphatic carboxylic acids is 1. The van der Waals surface area contributed by atoms with Gasteiger partial charge in [0.25, 0.3) is 5.92 Å². The van der Waals surface area contributed by atoms with Crippen molar-refractivity contribution in [3.05, 3.63) is 0 Å². The summed E-state index contributed by atoms with van der Waals surface area (Å²) >= 11 is 0. The molecule has 0 heterocycles. The summed E-state index contributed by atoms with van der Waals surface area (Å²) in [5, 5.41) is 18.0. The number of carboxylic acid groups (broad SMARTS) is 1. The molecule has 1 aliphatic rings. The largest absolute Gasteiger partial charge is 0.481 e. The van der Waals surface area contributed by atoms with Crippen molar-refractivity contribution in [2.75, 3.05) is 0 Å². The lowest BCUT2D eigenvalue weighted by Gasteiger charge is -2.39. The maximum Gasteiger partial charge on any atom is 0.315 e. The minimum Gasteiger partial charge on any atom is -0.481 e. The summed E-state index contributed by atoms with van der Waals surface area (Å²) in [6.45, 7) is 0.638. The van der Waals surface area contributed by atoms with Crippen LogP contribution in [0, 0.1) is 5.41 Å². The number of carboxylic acids is 1. The Hall–Kier alpha value is -0.710. The highest BCUT2D eigenvalue weighted by Crippen LogP contribution is 2.48. The molecule has 5 heteroatoms. The summed E-state index contributed by atoms with van der Waals surface area (Å²) in [6.07, 6.45) is -0.685. The van der Waals surface area contributed by atoms with E-state index in [0.29, 0.717) is 6.92 Å². The minimum atomic E-state index is -3.24. The van der Waals surface area contributed by atoms with E-state index in [0.717, 1.165) is 0 Å². The maximum atomic E-state index is 13.2. The Balaban J connectivity index is 2.90. The summed E-state index contributed by atoms with van der Waals surface area (Å²) in [4.78, 5) is 10.9. The number of hydrogen-bond acceptors (Lipinski definition) is 2. The highest BCUT2D eigenvalue weighted by atomic mass is 19.3. The standard InChI is InChI=1S/C9H14F2O3/c1-8(10,11)9(7(13)14)4-2-6(12)3-5-9/h6,12H,2-5H2,1H3,(H,13,14). The molecule has 82 valence electrons. The minimum absolute atomic E-state index is 0.135. The number of rotatable bonds is 2. The summed E-state index contributed by atoms with van der Waals surface area (Å²) in [5.74, 6) is -4.70. The average molecular weight is 208 g/mol. The van der Waals surface area contributed by atoms with Crippen LogP contribution in [0.2, 0.25) is 0 Å². The third-order valence-electron chi connectivity index (χ3n) is 3.06. The average Bonchev–Trinajstić information content (AvgIpc) is 2.02. The molecular formula is C9H14F2O3. The van der Waals surface area contributed by atoms with Crippen molar-refractivity contribution in [2.24, 2.45) is 5.41 Å². The fourth-order valence-corrected chi connectivity index (χ4v) is 1.94. The van der Waals surface area contributed by atoms with Crippen LogP contribution in [0.3, 0.4) is 0 Å². The van der Waals surface area contributed by atoms with Crippen LogP contribution in [0.15, 0.2) is 0 Å². The van der Waals surface area contributed by atoms with Gasteiger partial charge in [-0.3, -0.25) is 4.79 Å². The Morgan fingerprint density at radius 2 is 1.86 bits per heavy atom. The van der Waals surface area contributed by atoms with Crippen LogP contribution in [0.25, 0.3) is 0 Å². The molecule has 2 N–H and O–H groups in total. The van der Waals surface area contributed by atoms with Gasteiger partial charge in [0, 0.05) is 6.92 Å². The highest BCUT2D eigenvalue weighted by Gasteiger charge is 2.57. The van der Waals surface area contributed by atoms with Crippen molar-refractivity contribution >= 4 is 5.97 Å². The number of aliphatic hydroxyl groups excluding tert-OH is 1. The van der Waals surface area contributed by atoms with Gasteiger partial charge < -0.3 is 10.2 Å².